The van der Waals surface area contributed by atoms with Crippen molar-refractivity contribution >= 4 is 11.6 Å². The first-order valence-electron chi connectivity index (χ1n) is 7.05. The van der Waals surface area contributed by atoms with E-state index in [1.807, 2.05) is 10.7 Å². The molecule has 0 aromatic carbocycles. The lowest BCUT2D eigenvalue weighted by atomic mass is 10.3. The summed E-state index contributed by atoms with van der Waals surface area (Å²) in [6, 6.07) is 2.17. The molecule has 112 valence electrons. The summed E-state index contributed by atoms with van der Waals surface area (Å²) in [6.45, 7) is 6.03. The van der Waals surface area contributed by atoms with Crippen molar-refractivity contribution < 1.29 is 4.74 Å². The predicted octanol–water partition coefficient (Wildman–Crippen LogP) is 0.578. The monoisotopic (exact) mass is 289 g/mol. The smallest absolute Gasteiger partial charge is 0.137 e. The molecule has 2 aromatic heterocycles. The molecule has 1 unspecified atom stereocenters. The predicted molar refractivity (Wildman–Crippen MR) is 78.3 cm³/mol. The molecule has 0 bridgehead atoms. The molecule has 3 rings (SSSR count). The minimum atomic E-state index is 0.203. The average molecular weight is 289 g/mol. The zero-order chi connectivity index (χ0) is 14.5. The largest absolute Gasteiger partial charge is 0.378 e. The summed E-state index contributed by atoms with van der Waals surface area (Å²) in [7, 11) is 0. The molecule has 8 nitrogen and oxygen atoms in total. The van der Waals surface area contributed by atoms with Crippen molar-refractivity contribution in [2.24, 2.45) is 0 Å². The average Bonchev–Trinajstić information content (AvgIpc) is 3.08. The molecule has 0 radical (unpaired) electrons. The molecule has 0 saturated carbocycles. The molecule has 1 N–H and O–H groups in total. The van der Waals surface area contributed by atoms with Crippen molar-refractivity contribution in [2.75, 3.05) is 43.1 Å². The summed E-state index contributed by atoms with van der Waals surface area (Å²) in [5.74, 6) is 1.75. The van der Waals surface area contributed by atoms with Gasteiger partial charge < -0.3 is 15.0 Å². The lowest BCUT2D eigenvalue weighted by Crippen LogP contribution is -2.36. The first-order valence-corrected chi connectivity index (χ1v) is 7.05. The van der Waals surface area contributed by atoms with Crippen LogP contribution in [0.3, 0.4) is 0 Å². The molecule has 0 aliphatic carbocycles. The van der Waals surface area contributed by atoms with Crippen LogP contribution in [0.1, 0.15) is 13.0 Å². The molecule has 21 heavy (non-hydrogen) atoms. The maximum Gasteiger partial charge on any atom is 0.137 e. The van der Waals surface area contributed by atoms with Crippen molar-refractivity contribution in [2.45, 2.75) is 13.0 Å². The molecule has 2 aromatic rings. The van der Waals surface area contributed by atoms with Crippen molar-refractivity contribution in [1.29, 1.82) is 0 Å². The van der Waals surface area contributed by atoms with Gasteiger partial charge in [-0.3, -0.25) is 0 Å². The molecule has 0 spiro atoms. The quantitative estimate of drug-likeness (QED) is 0.862. The highest BCUT2D eigenvalue weighted by Crippen LogP contribution is 2.16. The van der Waals surface area contributed by atoms with Crippen LogP contribution in [0.2, 0.25) is 0 Å². The number of anilines is 2. The molecule has 0 amide bonds. The van der Waals surface area contributed by atoms with E-state index in [9.17, 15) is 0 Å². The number of ether oxygens (including phenoxy) is 1. The van der Waals surface area contributed by atoms with Gasteiger partial charge in [-0.1, -0.05) is 0 Å². The highest BCUT2D eigenvalue weighted by atomic mass is 16.5. The van der Waals surface area contributed by atoms with Gasteiger partial charge in [-0.05, 0) is 6.92 Å². The van der Waals surface area contributed by atoms with Gasteiger partial charge in [-0.15, -0.1) is 0 Å². The summed E-state index contributed by atoms with van der Waals surface area (Å²) in [4.78, 5) is 14.8. The standard InChI is InChI=1S/C13H19N7O/c1-11(20-10-14-8-18-20)7-15-12-6-13(17-9-16-12)19-2-4-21-5-3-19/h6,8-11H,2-5,7H2,1H3,(H,15,16,17). The highest BCUT2D eigenvalue weighted by molar-refractivity contribution is 5.48. The number of morpholine rings is 1. The van der Waals surface area contributed by atoms with E-state index in [1.54, 1.807) is 12.7 Å². The van der Waals surface area contributed by atoms with Gasteiger partial charge in [0.25, 0.3) is 0 Å². The van der Waals surface area contributed by atoms with Crippen LogP contribution in [0.25, 0.3) is 0 Å². The molecule has 8 heteroatoms. The second-order valence-electron chi connectivity index (χ2n) is 4.97. The Balaban J connectivity index is 1.60. The summed E-state index contributed by atoms with van der Waals surface area (Å²) in [6.07, 6.45) is 4.84. The summed E-state index contributed by atoms with van der Waals surface area (Å²) < 4.78 is 7.17. The molecular weight excluding hydrogens is 270 g/mol. The van der Waals surface area contributed by atoms with E-state index >= 15 is 0 Å². The van der Waals surface area contributed by atoms with E-state index in [2.05, 4.69) is 37.2 Å². The molecule has 1 aliphatic heterocycles. The zero-order valence-electron chi connectivity index (χ0n) is 12.0. The van der Waals surface area contributed by atoms with Gasteiger partial charge in [0.15, 0.2) is 0 Å². The first-order chi connectivity index (χ1) is 10.3. The Hall–Kier alpha value is -2.22. The van der Waals surface area contributed by atoms with E-state index < -0.39 is 0 Å². The fourth-order valence-electron chi connectivity index (χ4n) is 2.20. The molecule has 1 saturated heterocycles. The zero-order valence-corrected chi connectivity index (χ0v) is 12.0. The Morgan fingerprint density at radius 2 is 2.14 bits per heavy atom. The van der Waals surface area contributed by atoms with E-state index in [1.165, 1.54) is 6.33 Å². The summed E-state index contributed by atoms with van der Waals surface area (Å²) in [5, 5.41) is 7.44. The van der Waals surface area contributed by atoms with Gasteiger partial charge in [0.1, 0.15) is 30.6 Å². The van der Waals surface area contributed by atoms with Crippen LogP contribution in [-0.2, 0) is 4.74 Å². The number of nitrogens with one attached hydrogen (secondary N) is 1. The van der Waals surface area contributed by atoms with Gasteiger partial charge in [0, 0.05) is 25.7 Å². The summed E-state index contributed by atoms with van der Waals surface area (Å²) >= 11 is 0. The SMILES string of the molecule is CC(CNc1cc(N2CCOCC2)ncn1)n1cncn1. The highest BCUT2D eigenvalue weighted by Gasteiger charge is 2.13. The molecular formula is C13H19N7O. The van der Waals surface area contributed by atoms with Crippen LogP contribution >= 0.6 is 0 Å². The van der Waals surface area contributed by atoms with Crippen LogP contribution in [0.5, 0.6) is 0 Å². The van der Waals surface area contributed by atoms with E-state index in [0.29, 0.717) is 0 Å². The third-order valence-electron chi connectivity index (χ3n) is 3.45. The Morgan fingerprint density at radius 3 is 2.90 bits per heavy atom. The number of nitrogens with zero attached hydrogens (tertiary/aromatic N) is 6. The van der Waals surface area contributed by atoms with Crippen molar-refractivity contribution in [3.05, 3.63) is 25.0 Å². The van der Waals surface area contributed by atoms with Crippen molar-refractivity contribution in [3.63, 3.8) is 0 Å². The Kier molecular flexibility index (Phi) is 4.25. The Morgan fingerprint density at radius 1 is 1.29 bits per heavy atom. The van der Waals surface area contributed by atoms with Crippen molar-refractivity contribution in [1.82, 2.24) is 24.7 Å². The third kappa shape index (κ3) is 3.46. The lowest BCUT2D eigenvalue weighted by molar-refractivity contribution is 0.122. The normalized spacial score (nSPS) is 16.7. The van der Waals surface area contributed by atoms with Crippen molar-refractivity contribution in [3.8, 4) is 0 Å². The summed E-state index contributed by atoms with van der Waals surface area (Å²) in [5.41, 5.74) is 0. The maximum absolute atomic E-state index is 5.36. The first kappa shape index (κ1) is 13.7. The van der Waals surface area contributed by atoms with Gasteiger partial charge in [-0.2, -0.15) is 5.10 Å². The number of rotatable bonds is 5. The topological polar surface area (TPSA) is 81.0 Å². The fraction of sp³-hybridized carbons (Fsp3) is 0.538. The van der Waals surface area contributed by atoms with Crippen LogP contribution in [0, 0.1) is 0 Å². The maximum atomic E-state index is 5.36. The minimum Gasteiger partial charge on any atom is -0.378 e. The number of aromatic nitrogens is 5. The minimum absolute atomic E-state index is 0.203. The fourth-order valence-corrected chi connectivity index (χ4v) is 2.20. The Labute approximate surface area is 123 Å². The number of hydrogen-bond donors (Lipinski definition) is 1. The number of hydrogen-bond acceptors (Lipinski definition) is 7. The Bertz CT molecular complexity index is 553. The van der Waals surface area contributed by atoms with Crippen LogP contribution in [0.4, 0.5) is 11.6 Å². The van der Waals surface area contributed by atoms with E-state index in [4.69, 9.17) is 4.74 Å². The van der Waals surface area contributed by atoms with Gasteiger partial charge in [-0.25, -0.2) is 19.6 Å². The van der Waals surface area contributed by atoms with Crippen LogP contribution in [0.15, 0.2) is 25.0 Å². The molecule has 3 heterocycles. The molecule has 1 fully saturated rings. The van der Waals surface area contributed by atoms with Gasteiger partial charge in [0.2, 0.25) is 0 Å². The second-order valence-corrected chi connectivity index (χ2v) is 4.97. The van der Waals surface area contributed by atoms with Crippen LogP contribution < -0.4 is 10.2 Å². The molecule has 1 atom stereocenters. The second kappa shape index (κ2) is 6.49. The lowest BCUT2D eigenvalue weighted by Gasteiger charge is -2.27. The van der Waals surface area contributed by atoms with E-state index in [-0.39, 0.29) is 6.04 Å². The van der Waals surface area contributed by atoms with Gasteiger partial charge in [0.05, 0.1) is 19.3 Å². The van der Waals surface area contributed by atoms with Gasteiger partial charge >= 0.3 is 0 Å². The van der Waals surface area contributed by atoms with E-state index in [0.717, 1.165) is 44.5 Å². The van der Waals surface area contributed by atoms with Crippen LogP contribution in [-0.4, -0.2) is 57.6 Å². The third-order valence-corrected chi connectivity index (χ3v) is 3.45. The molecule has 1 aliphatic rings.